The molecule has 2 amide bonds. The molecule has 0 saturated carbocycles. The van der Waals surface area contributed by atoms with Crippen LogP contribution in [0, 0.1) is 0 Å². The minimum Gasteiger partial charge on any atom is -0.494 e. The quantitative estimate of drug-likeness (QED) is 0.112. The van der Waals surface area contributed by atoms with Gasteiger partial charge in [-0.2, -0.15) is 0 Å². The van der Waals surface area contributed by atoms with Gasteiger partial charge in [-0.25, -0.2) is 0 Å². The van der Waals surface area contributed by atoms with Gasteiger partial charge in [0.25, 0.3) is 11.8 Å². The van der Waals surface area contributed by atoms with Crippen molar-refractivity contribution in [2.75, 3.05) is 27.3 Å². The van der Waals surface area contributed by atoms with Gasteiger partial charge in [0.1, 0.15) is 11.5 Å². The Hall–Kier alpha value is -5.10. The summed E-state index contributed by atoms with van der Waals surface area (Å²) in [6.07, 6.45) is 9.43. The van der Waals surface area contributed by atoms with E-state index < -0.39 is 0 Å². The van der Waals surface area contributed by atoms with Crippen molar-refractivity contribution in [3.8, 4) is 33.8 Å². The zero-order valence-electron chi connectivity index (χ0n) is 29.8. The summed E-state index contributed by atoms with van der Waals surface area (Å²) in [5.74, 6) is 1.40. The molecular weight excluding hydrogens is 620 g/mol. The number of hydrogen-bond acceptors (Lipinski definition) is 4. The second kappa shape index (κ2) is 16.1. The number of carbonyl (C=O) groups is 2. The standard InChI is InChI=1S/C44H48N2O4/c1-5-7-9-11-29-49-37-25-21-33(22-26-37)31-13-17-35(18-14-31)41-39-40(44(48)45(41)3)42(46(4)43(39)47)36-19-15-32(16-20-36)34-23-27-38(28-24-34)50-30-12-10-8-6-2/h13-28H,5-12,29-30H2,1-4H3. The summed E-state index contributed by atoms with van der Waals surface area (Å²) in [4.78, 5) is 30.7. The zero-order chi connectivity index (χ0) is 35.0. The molecule has 6 heteroatoms. The number of carbonyl (C=O) groups excluding carboxylic acids is 2. The second-order valence-corrected chi connectivity index (χ2v) is 13.2. The van der Waals surface area contributed by atoms with Crippen molar-refractivity contribution in [2.24, 2.45) is 0 Å². The van der Waals surface area contributed by atoms with Crippen molar-refractivity contribution < 1.29 is 19.1 Å². The number of ether oxygens (including phenoxy) is 2. The predicted octanol–water partition coefficient (Wildman–Crippen LogP) is 10.0. The van der Waals surface area contributed by atoms with Crippen LogP contribution in [-0.4, -0.2) is 48.9 Å². The third kappa shape index (κ3) is 7.40. The highest BCUT2D eigenvalue weighted by Crippen LogP contribution is 2.45. The molecule has 4 aromatic carbocycles. The van der Waals surface area contributed by atoms with Gasteiger partial charge in [0.05, 0.1) is 35.8 Å². The van der Waals surface area contributed by atoms with Gasteiger partial charge in [0, 0.05) is 14.1 Å². The molecule has 6 rings (SSSR count). The summed E-state index contributed by atoms with van der Waals surface area (Å²) in [6.45, 7) is 5.89. The van der Waals surface area contributed by atoms with E-state index in [1.54, 1.807) is 23.9 Å². The van der Waals surface area contributed by atoms with Crippen LogP contribution < -0.4 is 9.47 Å². The third-order valence-corrected chi connectivity index (χ3v) is 9.66. The summed E-state index contributed by atoms with van der Waals surface area (Å²) >= 11 is 0. The number of amides is 2. The van der Waals surface area contributed by atoms with Gasteiger partial charge >= 0.3 is 0 Å². The lowest BCUT2D eigenvalue weighted by Crippen LogP contribution is -2.25. The van der Waals surface area contributed by atoms with Gasteiger partial charge in [-0.15, -0.1) is 0 Å². The van der Waals surface area contributed by atoms with Gasteiger partial charge in [-0.3, -0.25) is 9.59 Å². The number of rotatable bonds is 16. The number of likely N-dealkylation sites (N-methyl/N-ethyl adjacent to an activating group) is 2. The van der Waals surface area contributed by atoms with E-state index in [-0.39, 0.29) is 11.8 Å². The molecule has 0 unspecified atom stereocenters. The van der Waals surface area contributed by atoms with Crippen LogP contribution >= 0.6 is 0 Å². The van der Waals surface area contributed by atoms with E-state index in [1.807, 2.05) is 72.8 Å². The van der Waals surface area contributed by atoms with Gasteiger partial charge in [0.15, 0.2) is 0 Å². The Morgan fingerprint density at radius 2 is 0.720 bits per heavy atom. The Morgan fingerprint density at radius 1 is 0.420 bits per heavy atom. The molecule has 0 bridgehead atoms. The number of unbranched alkanes of at least 4 members (excludes halogenated alkanes) is 6. The molecular formula is C44H48N2O4. The van der Waals surface area contributed by atoms with Crippen molar-refractivity contribution in [1.29, 1.82) is 0 Å². The lowest BCUT2D eigenvalue weighted by molar-refractivity contribution is -0.123. The SMILES string of the molecule is CCCCCCOc1ccc(-c2ccc(C3=C4C(=O)N(C)C(c5ccc(-c6ccc(OCCCCCC)cc6)cc5)=C4C(=O)N3C)cc2)cc1. The average molecular weight is 669 g/mol. The van der Waals surface area contributed by atoms with Crippen molar-refractivity contribution >= 4 is 23.2 Å². The number of nitrogens with zero attached hydrogens (tertiary/aromatic N) is 2. The molecule has 0 N–H and O–H groups in total. The molecule has 0 fully saturated rings. The smallest absolute Gasteiger partial charge is 0.261 e. The molecule has 0 atom stereocenters. The maximum absolute atomic E-state index is 13.8. The van der Waals surface area contributed by atoms with Crippen molar-refractivity contribution in [3.63, 3.8) is 0 Å². The first kappa shape index (κ1) is 34.8. The minimum atomic E-state index is -0.175. The fourth-order valence-electron chi connectivity index (χ4n) is 6.77. The molecule has 258 valence electrons. The van der Waals surface area contributed by atoms with Crippen LogP contribution in [-0.2, 0) is 9.59 Å². The lowest BCUT2D eigenvalue weighted by Gasteiger charge is -2.20. The second-order valence-electron chi connectivity index (χ2n) is 13.2. The van der Waals surface area contributed by atoms with Crippen molar-refractivity contribution in [2.45, 2.75) is 65.2 Å². The minimum absolute atomic E-state index is 0.175. The first-order valence-electron chi connectivity index (χ1n) is 18.1. The molecule has 0 saturated heterocycles. The van der Waals surface area contributed by atoms with E-state index >= 15 is 0 Å². The van der Waals surface area contributed by atoms with Crippen LogP contribution in [0.25, 0.3) is 33.6 Å². The monoisotopic (exact) mass is 668 g/mol. The Morgan fingerprint density at radius 3 is 1.04 bits per heavy atom. The Kier molecular flexibility index (Phi) is 11.2. The molecule has 50 heavy (non-hydrogen) atoms. The Bertz CT molecular complexity index is 1710. The molecule has 2 aliphatic heterocycles. The van der Waals surface area contributed by atoms with Crippen LogP contribution in [0.5, 0.6) is 11.5 Å². The Balaban J connectivity index is 1.18. The van der Waals surface area contributed by atoms with Crippen molar-refractivity contribution in [3.05, 3.63) is 119 Å². The summed E-state index contributed by atoms with van der Waals surface area (Å²) in [5, 5.41) is 0. The van der Waals surface area contributed by atoms with E-state index in [0.29, 0.717) is 22.5 Å². The molecule has 0 aromatic heterocycles. The van der Waals surface area contributed by atoms with Crippen LogP contribution in [0.3, 0.4) is 0 Å². The fraction of sp³-hybridized carbons (Fsp3) is 0.318. The van der Waals surface area contributed by atoms with Crippen LogP contribution in [0.1, 0.15) is 76.3 Å². The van der Waals surface area contributed by atoms with E-state index in [9.17, 15) is 9.59 Å². The fourth-order valence-corrected chi connectivity index (χ4v) is 6.77. The topological polar surface area (TPSA) is 59.1 Å². The molecule has 0 spiro atoms. The largest absolute Gasteiger partial charge is 0.494 e. The number of benzene rings is 4. The number of fused-ring (bicyclic) bond motifs is 1. The van der Waals surface area contributed by atoms with Gasteiger partial charge in [-0.05, 0) is 70.5 Å². The average Bonchev–Trinajstić information content (AvgIpc) is 3.56. The molecule has 2 aliphatic rings. The lowest BCUT2D eigenvalue weighted by atomic mass is 9.98. The maximum atomic E-state index is 13.8. The molecule has 6 nitrogen and oxygen atoms in total. The first-order chi connectivity index (χ1) is 24.4. The first-order valence-corrected chi connectivity index (χ1v) is 18.1. The normalized spacial score (nSPS) is 14.2. The predicted molar refractivity (Wildman–Crippen MR) is 202 cm³/mol. The molecule has 4 aromatic rings. The van der Waals surface area contributed by atoms with Crippen LogP contribution in [0.4, 0.5) is 0 Å². The van der Waals surface area contributed by atoms with Crippen molar-refractivity contribution in [1.82, 2.24) is 9.80 Å². The van der Waals surface area contributed by atoms with Gasteiger partial charge < -0.3 is 19.3 Å². The third-order valence-electron chi connectivity index (χ3n) is 9.66. The summed E-state index contributed by atoms with van der Waals surface area (Å²) in [6, 6.07) is 32.4. The molecule has 0 aliphatic carbocycles. The highest BCUT2D eigenvalue weighted by Gasteiger charge is 2.46. The van der Waals surface area contributed by atoms with Crippen LogP contribution in [0.2, 0.25) is 0 Å². The summed E-state index contributed by atoms with van der Waals surface area (Å²) < 4.78 is 11.8. The summed E-state index contributed by atoms with van der Waals surface area (Å²) in [7, 11) is 3.49. The molecule has 2 heterocycles. The maximum Gasteiger partial charge on any atom is 0.261 e. The highest BCUT2D eigenvalue weighted by atomic mass is 16.5. The zero-order valence-corrected chi connectivity index (χ0v) is 29.8. The molecule has 0 radical (unpaired) electrons. The van der Waals surface area contributed by atoms with Crippen LogP contribution in [0.15, 0.2) is 108 Å². The van der Waals surface area contributed by atoms with E-state index in [2.05, 4.69) is 38.1 Å². The van der Waals surface area contributed by atoms with E-state index in [4.69, 9.17) is 9.47 Å². The Labute approximate surface area is 297 Å². The number of hydrogen-bond donors (Lipinski definition) is 0. The highest BCUT2D eigenvalue weighted by molar-refractivity contribution is 6.30. The summed E-state index contributed by atoms with van der Waals surface area (Å²) in [5.41, 5.74) is 8.10. The van der Waals surface area contributed by atoms with E-state index in [0.717, 1.165) is 70.9 Å². The van der Waals surface area contributed by atoms with Gasteiger partial charge in [0.2, 0.25) is 0 Å². The van der Waals surface area contributed by atoms with Gasteiger partial charge in [-0.1, -0.05) is 125 Å². The van der Waals surface area contributed by atoms with E-state index in [1.165, 1.54) is 38.5 Å².